The number of hydrogen-bond acceptors (Lipinski definition) is 3. The summed E-state index contributed by atoms with van der Waals surface area (Å²) in [6.45, 7) is 0. The molecule has 10 rings (SSSR count). The molecule has 3 heterocycles. The molecule has 3 nitrogen and oxygen atoms in total. The normalized spacial score (nSPS) is 13.6. The second kappa shape index (κ2) is 11.1. The van der Waals surface area contributed by atoms with Crippen molar-refractivity contribution in [3.63, 3.8) is 0 Å². The second-order valence-electron chi connectivity index (χ2n) is 12.7. The lowest BCUT2D eigenvalue weighted by molar-refractivity contribution is 0.668. The smallest absolute Gasteiger partial charge is 0.143 e. The molecule has 7 aromatic carbocycles. The van der Waals surface area contributed by atoms with Gasteiger partial charge in [-0.1, -0.05) is 127 Å². The van der Waals surface area contributed by atoms with E-state index in [4.69, 9.17) is 13.8 Å². The van der Waals surface area contributed by atoms with Crippen LogP contribution in [0, 0.1) is 0 Å². The van der Waals surface area contributed by atoms with Gasteiger partial charge in [-0.15, -0.1) is 0 Å². The van der Waals surface area contributed by atoms with Gasteiger partial charge in [0.2, 0.25) is 0 Å². The van der Waals surface area contributed by atoms with E-state index in [1.54, 1.807) is 0 Å². The molecule has 49 heavy (non-hydrogen) atoms. The Morgan fingerprint density at radius 3 is 2.04 bits per heavy atom. The number of para-hydroxylation sites is 1. The van der Waals surface area contributed by atoms with Crippen LogP contribution < -0.4 is 0 Å². The molecule has 230 valence electrons. The zero-order valence-electron chi connectivity index (χ0n) is 26.6. The van der Waals surface area contributed by atoms with Gasteiger partial charge in [0.15, 0.2) is 0 Å². The summed E-state index contributed by atoms with van der Waals surface area (Å²) in [7, 11) is 0. The van der Waals surface area contributed by atoms with Gasteiger partial charge in [0.25, 0.3) is 0 Å². The molecule has 1 aliphatic rings. The summed E-state index contributed by atoms with van der Waals surface area (Å²) >= 11 is 0. The average Bonchev–Trinajstić information content (AvgIpc) is 3.63. The molecule has 3 heteroatoms. The van der Waals surface area contributed by atoms with Crippen molar-refractivity contribution in [2.24, 2.45) is 4.99 Å². The van der Waals surface area contributed by atoms with E-state index in [-0.39, 0.29) is 0 Å². The van der Waals surface area contributed by atoms with Crippen molar-refractivity contribution < 1.29 is 8.83 Å². The maximum absolute atomic E-state index is 6.61. The van der Waals surface area contributed by atoms with Gasteiger partial charge in [-0.2, -0.15) is 0 Å². The molecule has 1 aliphatic heterocycles. The van der Waals surface area contributed by atoms with E-state index < -0.39 is 0 Å². The third-order valence-corrected chi connectivity index (χ3v) is 9.73. The predicted octanol–water partition coefficient (Wildman–Crippen LogP) is 12.6. The van der Waals surface area contributed by atoms with E-state index in [0.29, 0.717) is 0 Å². The van der Waals surface area contributed by atoms with Crippen molar-refractivity contribution >= 4 is 71.6 Å². The zero-order chi connectivity index (χ0) is 32.3. The summed E-state index contributed by atoms with van der Waals surface area (Å²) in [4.78, 5) is 5.34. The highest BCUT2D eigenvalue weighted by Gasteiger charge is 2.19. The van der Waals surface area contributed by atoms with E-state index in [0.717, 1.165) is 84.0 Å². The van der Waals surface area contributed by atoms with E-state index in [1.165, 1.54) is 21.9 Å². The predicted molar refractivity (Wildman–Crippen MR) is 204 cm³/mol. The van der Waals surface area contributed by atoms with Gasteiger partial charge in [0, 0.05) is 32.7 Å². The van der Waals surface area contributed by atoms with E-state index in [9.17, 15) is 0 Å². The summed E-state index contributed by atoms with van der Waals surface area (Å²) in [5.74, 6) is 0. The maximum atomic E-state index is 6.61. The van der Waals surface area contributed by atoms with Gasteiger partial charge in [-0.25, -0.2) is 4.99 Å². The van der Waals surface area contributed by atoms with Crippen molar-refractivity contribution in [1.29, 1.82) is 0 Å². The highest BCUT2D eigenvalue weighted by molar-refractivity contribution is 6.25. The summed E-state index contributed by atoms with van der Waals surface area (Å²) < 4.78 is 13.1. The monoisotopic (exact) mass is 627 g/mol. The van der Waals surface area contributed by atoms with Gasteiger partial charge in [0.05, 0.1) is 11.4 Å². The summed E-state index contributed by atoms with van der Waals surface area (Å²) in [5.41, 5.74) is 12.0. The van der Waals surface area contributed by atoms with Gasteiger partial charge in [0.1, 0.15) is 22.3 Å². The Kier molecular flexibility index (Phi) is 6.25. The Morgan fingerprint density at radius 2 is 1.20 bits per heavy atom. The average molecular weight is 628 g/mol. The first-order valence-corrected chi connectivity index (χ1v) is 16.7. The van der Waals surface area contributed by atoms with Crippen LogP contribution in [0.2, 0.25) is 0 Å². The van der Waals surface area contributed by atoms with Crippen molar-refractivity contribution in [2.75, 3.05) is 0 Å². The molecule has 0 radical (unpaired) electrons. The Morgan fingerprint density at radius 1 is 0.469 bits per heavy atom. The van der Waals surface area contributed by atoms with Crippen LogP contribution in [0.25, 0.3) is 77.0 Å². The molecule has 0 atom stereocenters. The molecule has 0 saturated carbocycles. The summed E-state index contributed by atoms with van der Waals surface area (Å²) in [5, 5.41) is 6.72. The van der Waals surface area contributed by atoms with Crippen LogP contribution in [0.3, 0.4) is 0 Å². The topological polar surface area (TPSA) is 38.6 Å². The van der Waals surface area contributed by atoms with Crippen LogP contribution in [0.15, 0.2) is 178 Å². The van der Waals surface area contributed by atoms with Crippen molar-refractivity contribution in [3.8, 4) is 11.1 Å². The highest BCUT2D eigenvalue weighted by Crippen LogP contribution is 2.41. The fourth-order valence-corrected chi connectivity index (χ4v) is 7.34. The second-order valence-corrected chi connectivity index (χ2v) is 12.7. The van der Waals surface area contributed by atoms with Crippen molar-refractivity contribution in [3.05, 3.63) is 181 Å². The van der Waals surface area contributed by atoms with Gasteiger partial charge in [-0.05, 0) is 75.9 Å². The van der Waals surface area contributed by atoms with E-state index >= 15 is 0 Å². The molecule has 0 spiro atoms. The number of hydrogen-bond donors (Lipinski definition) is 0. The van der Waals surface area contributed by atoms with Crippen LogP contribution in [0.4, 0.5) is 0 Å². The first-order valence-electron chi connectivity index (χ1n) is 16.7. The molecule has 0 unspecified atom stereocenters. The molecule has 0 amide bonds. The Labute approximate surface area is 282 Å². The zero-order valence-corrected chi connectivity index (χ0v) is 26.6. The number of nitrogens with zero attached hydrogens (tertiary/aromatic N) is 1. The molecule has 0 bridgehead atoms. The highest BCUT2D eigenvalue weighted by atomic mass is 16.3. The minimum absolute atomic E-state index is 0.782. The fourth-order valence-electron chi connectivity index (χ4n) is 7.34. The van der Waals surface area contributed by atoms with Gasteiger partial charge < -0.3 is 8.83 Å². The quantitative estimate of drug-likeness (QED) is 0.195. The molecule has 0 N–H and O–H groups in total. The first kappa shape index (κ1) is 27.6. The Bertz CT molecular complexity index is 2830. The summed E-state index contributed by atoms with van der Waals surface area (Å²) in [6, 6.07) is 53.0. The number of benzene rings is 7. The molecular formula is C46H29NO2. The minimum atomic E-state index is 0.782. The Hall–Kier alpha value is -6.45. The molecule has 0 saturated heterocycles. The number of aliphatic imine (C=N–C) groups is 1. The van der Waals surface area contributed by atoms with Gasteiger partial charge in [-0.3, -0.25) is 0 Å². The van der Waals surface area contributed by atoms with Crippen LogP contribution in [0.1, 0.15) is 23.1 Å². The fraction of sp³-hybridized carbons (Fsp3) is 0.0217. The standard InChI is InChI=1S/C46H29NO2/c1-3-11-29(12-4-1)33-21-23-40(30-13-5-2-6-14-30)47-41(27-33)37-19-10-20-43-45(37)39-26-34(22-24-42(39)48-43)35-17-9-18-36-38-25-31-15-7-8-16-32(31)28-44(38)49-46(35)36/h1-20,22-28H,21H2. The lowest BCUT2D eigenvalue weighted by Crippen LogP contribution is -1.99. The molecule has 2 aromatic heterocycles. The van der Waals surface area contributed by atoms with Crippen LogP contribution >= 0.6 is 0 Å². The largest absolute Gasteiger partial charge is 0.456 e. The molecule has 9 aromatic rings. The van der Waals surface area contributed by atoms with E-state index in [1.807, 2.05) is 6.07 Å². The van der Waals surface area contributed by atoms with Crippen molar-refractivity contribution in [2.45, 2.75) is 6.42 Å². The molecule has 0 aliphatic carbocycles. The number of fused-ring (bicyclic) bond motifs is 7. The van der Waals surface area contributed by atoms with Crippen LogP contribution in [-0.2, 0) is 0 Å². The Balaban J connectivity index is 1.18. The van der Waals surface area contributed by atoms with Crippen LogP contribution in [0.5, 0.6) is 0 Å². The van der Waals surface area contributed by atoms with Crippen LogP contribution in [-0.4, -0.2) is 5.71 Å². The molecule has 0 fully saturated rings. The number of allylic oxidation sites excluding steroid dienone is 3. The first-order chi connectivity index (χ1) is 24.3. The lowest BCUT2D eigenvalue weighted by atomic mass is 9.95. The van der Waals surface area contributed by atoms with E-state index in [2.05, 4.69) is 158 Å². The van der Waals surface area contributed by atoms with Gasteiger partial charge >= 0.3 is 0 Å². The third-order valence-electron chi connectivity index (χ3n) is 9.73. The summed E-state index contributed by atoms with van der Waals surface area (Å²) in [6.07, 6.45) is 5.27. The lowest BCUT2D eigenvalue weighted by Gasteiger charge is -2.08. The maximum Gasteiger partial charge on any atom is 0.143 e. The third kappa shape index (κ3) is 4.62. The molecular weight excluding hydrogens is 599 g/mol. The SMILES string of the molecule is C1=C(c2ccccc2)CC=C(c2ccccc2)N=C1c1cccc2oc3ccc(-c4cccc5c4oc4cc6ccccc6cc45)cc3c12. The van der Waals surface area contributed by atoms with Crippen molar-refractivity contribution in [1.82, 2.24) is 0 Å². The number of rotatable bonds is 4. The number of furan rings is 2. The minimum Gasteiger partial charge on any atom is -0.456 e.